The first-order valence-electron chi connectivity index (χ1n) is 8.65. The van der Waals surface area contributed by atoms with E-state index in [1.807, 2.05) is 0 Å². The van der Waals surface area contributed by atoms with E-state index in [9.17, 15) is 24.6 Å². The average molecular weight is 408 g/mol. The van der Waals surface area contributed by atoms with Crippen LogP contribution in [0, 0.1) is 6.92 Å². The van der Waals surface area contributed by atoms with Crippen LogP contribution >= 0.6 is 0 Å². The fraction of sp³-hybridized carbons (Fsp3) is 0.529. The summed E-state index contributed by atoms with van der Waals surface area (Å²) in [4.78, 5) is 47.3. The number of nitrogens with zero attached hydrogens (tertiary/aromatic N) is 4. The van der Waals surface area contributed by atoms with Gasteiger partial charge in [-0.2, -0.15) is 4.98 Å². The fourth-order valence-electron chi connectivity index (χ4n) is 3.27. The fourth-order valence-corrected chi connectivity index (χ4v) is 3.27. The molecule has 2 aromatic heterocycles. The zero-order valence-electron chi connectivity index (χ0n) is 16.1. The van der Waals surface area contributed by atoms with Crippen LogP contribution in [0.25, 0.3) is 11.2 Å². The molecule has 29 heavy (non-hydrogen) atoms. The number of hydrogen-bond donors (Lipinski definition) is 2. The summed E-state index contributed by atoms with van der Waals surface area (Å²) < 4.78 is 17.1. The second kappa shape index (κ2) is 7.37. The number of aromatic hydroxyl groups is 1. The number of esters is 2. The van der Waals surface area contributed by atoms with Crippen molar-refractivity contribution in [2.24, 2.45) is 0 Å². The summed E-state index contributed by atoms with van der Waals surface area (Å²) in [5, 5.41) is 21.3. The van der Waals surface area contributed by atoms with Gasteiger partial charge in [0.2, 0.25) is 11.5 Å². The van der Waals surface area contributed by atoms with Crippen molar-refractivity contribution in [3.8, 4) is 5.88 Å². The molecule has 156 valence electrons. The molecule has 3 rings (SSSR count). The Bertz CT molecular complexity index is 989. The molecule has 0 bridgehead atoms. The SMILES string of the molecule is CC(=O)OC[C@H]1O[C@@H](n2cnc3c(O)nc(C)nc32)[C@@](O)(C(C)=O)[C@@H]1OC(C)=O. The van der Waals surface area contributed by atoms with Crippen molar-refractivity contribution in [2.75, 3.05) is 6.61 Å². The lowest BCUT2D eigenvalue weighted by atomic mass is 9.89. The number of aromatic nitrogens is 4. The van der Waals surface area contributed by atoms with Crippen molar-refractivity contribution < 1.29 is 38.8 Å². The lowest BCUT2D eigenvalue weighted by Gasteiger charge is -2.31. The predicted octanol–water partition coefficient (Wildman–Crippen LogP) is -0.447. The number of imidazole rings is 1. The molecule has 1 saturated heterocycles. The van der Waals surface area contributed by atoms with Gasteiger partial charge in [0.25, 0.3) is 0 Å². The Hall–Kier alpha value is -3.12. The van der Waals surface area contributed by atoms with Crippen LogP contribution in [0.1, 0.15) is 32.8 Å². The van der Waals surface area contributed by atoms with E-state index in [1.54, 1.807) is 0 Å². The van der Waals surface area contributed by atoms with Gasteiger partial charge in [0, 0.05) is 13.8 Å². The van der Waals surface area contributed by atoms with Gasteiger partial charge in [-0.25, -0.2) is 9.97 Å². The van der Waals surface area contributed by atoms with E-state index in [4.69, 9.17) is 14.2 Å². The van der Waals surface area contributed by atoms with E-state index in [0.717, 1.165) is 13.8 Å². The molecule has 3 heterocycles. The van der Waals surface area contributed by atoms with Crippen LogP contribution in [-0.4, -0.2) is 71.9 Å². The molecule has 12 heteroatoms. The van der Waals surface area contributed by atoms with Crippen molar-refractivity contribution in [1.29, 1.82) is 0 Å². The van der Waals surface area contributed by atoms with Crippen LogP contribution in [0.4, 0.5) is 0 Å². The van der Waals surface area contributed by atoms with Crippen molar-refractivity contribution in [2.45, 2.75) is 51.7 Å². The van der Waals surface area contributed by atoms with E-state index in [0.29, 0.717) is 0 Å². The summed E-state index contributed by atoms with van der Waals surface area (Å²) >= 11 is 0. The minimum absolute atomic E-state index is 0.0255. The highest BCUT2D eigenvalue weighted by Gasteiger charge is 2.62. The largest absolute Gasteiger partial charge is 0.492 e. The van der Waals surface area contributed by atoms with Gasteiger partial charge < -0.3 is 24.4 Å². The standard InChI is InChI=1S/C17H20N4O8/c1-7(22)17(26)13(28-10(4)24)11(5-27-9(3)23)29-16(17)21-6-18-12-14(21)19-8(2)20-15(12)25/h6,11,13,16,26H,5H2,1-4H3,(H,19,20,25)/t11-,13-,16-,17-/m1/s1. The third-order valence-electron chi connectivity index (χ3n) is 4.53. The number of rotatable bonds is 5. The number of ether oxygens (including phenoxy) is 3. The number of ketones is 1. The number of aliphatic hydroxyl groups is 1. The molecule has 0 radical (unpaired) electrons. The van der Waals surface area contributed by atoms with Crippen LogP contribution < -0.4 is 0 Å². The normalized spacial score (nSPS) is 26.4. The highest BCUT2D eigenvalue weighted by molar-refractivity contribution is 5.87. The van der Waals surface area contributed by atoms with E-state index in [2.05, 4.69) is 15.0 Å². The van der Waals surface area contributed by atoms with Crippen LogP contribution in [0.2, 0.25) is 0 Å². The Balaban J connectivity index is 2.13. The Labute approximate surface area is 164 Å². The maximum Gasteiger partial charge on any atom is 0.303 e. The smallest absolute Gasteiger partial charge is 0.303 e. The van der Waals surface area contributed by atoms with Crippen LogP contribution in [-0.2, 0) is 28.6 Å². The monoisotopic (exact) mass is 408 g/mol. The zero-order chi connectivity index (χ0) is 21.5. The van der Waals surface area contributed by atoms with Gasteiger partial charge in [0.15, 0.2) is 29.3 Å². The van der Waals surface area contributed by atoms with Gasteiger partial charge in [0.1, 0.15) is 18.5 Å². The first-order valence-corrected chi connectivity index (χ1v) is 8.65. The average Bonchev–Trinajstić information content (AvgIpc) is 3.13. The molecule has 12 nitrogen and oxygen atoms in total. The molecule has 0 aromatic carbocycles. The van der Waals surface area contributed by atoms with Gasteiger partial charge in [0.05, 0.1) is 6.33 Å². The predicted molar refractivity (Wildman–Crippen MR) is 93.5 cm³/mol. The Morgan fingerprint density at radius 3 is 2.52 bits per heavy atom. The first kappa shape index (κ1) is 20.6. The van der Waals surface area contributed by atoms with Gasteiger partial charge in [-0.3, -0.25) is 19.0 Å². The second-order valence-corrected chi connectivity index (χ2v) is 6.66. The van der Waals surface area contributed by atoms with E-state index >= 15 is 0 Å². The molecule has 0 saturated carbocycles. The molecule has 1 aliphatic heterocycles. The molecular formula is C17H20N4O8. The third-order valence-corrected chi connectivity index (χ3v) is 4.53. The minimum Gasteiger partial charge on any atom is -0.492 e. The maximum absolute atomic E-state index is 12.5. The zero-order valence-corrected chi connectivity index (χ0v) is 16.1. The van der Waals surface area contributed by atoms with Crippen molar-refractivity contribution in [3.63, 3.8) is 0 Å². The highest BCUT2D eigenvalue weighted by atomic mass is 16.6. The van der Waals surface area contributed by atoms with Gasteiger partial charge in [-0.1, -0.05) is 0 Å². The molecule has 4 atom stereocenters. The molecule has 0 amide bonds. The van der Waals surface area contributed by atoms with Crippen LogP contribution in [0.15, 0.2) is 6.33 Å². The number of carbonyl (C=O) groups excluding carboxylic acids is 3. The summed E-state index contributed by atoms with van der Waals surface area (Å²) in [7, 11) is 0. The van der Waals surface area contributed by atoms with Crippen molar-refractivity contribution in [3.05, 3.63) is 12.2 Å². The molecular weight excluding hydrogens is 388 g/mol. The number of Topliss-reactive ketones (excluding diaryl/α,β-unsaturated/α-hetero) is 1. The Kier molecular flexibility index (Phi) is 5.24. The number of hydrogen-bond acceptors (Lipinski definition) is 11. The minimum atomic E-state index is -2.33. The van der Waals surface area contributed by atoms with Gasteiger partial charge in [-0.15, -0.1) is 0 Å². The summed E-state index contributed by atoms with van der Waals surface area (Å²) in [5.74, 6) is -2.31. The summed E-state index contributed by atoms with van der Waals surface area (Å²) in [6.07, 6.45) is -2.83. The maximum atomic E-state index is 12.5. The molecule has 0 spiro atoms. The highest BCUT2D eigenvalue weighted by Crippen LogP contribution is 2.42. The van der Waals surface area contributed by atoms with Crippen LogP contribution in [0.3, 0.4) is 0 Å². The van der Waals surface area contributed by atoms with E-state index in [-0.39, 0.29) is 29.5 Å². The molecule has 0 unspecified atom stereocenters. The first-order chi connectivity index (χ1) is 13.6. The second-order valence-electron chi connectivity index (χ2n) is 6.66. The lowest BCUT2D eigenvalue weighted by molar-refractivity contribution is -0.170. The van der Waals surface area contributed by atoms with Crippen molar-refractivity contribution in [1.82, 2.24) is 19.5 Å². The number of aryl methyl sites for hydroxylation is 1. The molecule has 0 aliphatic carbocycles. The Morgan fingerprint density at radius 1 is 1.24 bits per heavy atom. The van der Waals surface area contributed by atoms with E-state index < -0.39 is 41.8 Å². The summed E-state index contributed by atoms with van der Waals surface area (Å²) in [5.41, 5.74) is -2.22. The third kappa shape index (κ3) is 3.51. The van der Waals surface area contributed by atoms with E-state index in [1.165, 1.54) is 24.7 Å². The molecule has 2 aromatic rings. The van der Waals surface area contributed by atoms with Gasteiger partial charge >= 0.3 is 11.9 Å². The lowest BCUT2D eigenvalue weighted by Crippen LogP contribution is -2.54. The molecule has 1 aliphatic rings. The number of carbonyl (C=O) groups is 3. The molecule has 2 N–H and O–H groups in total. The summed E-state index contributed by atoms with van der Waals surface area (Å²) in [6, 6.07) is 0. The molecule has 1 fully saturated rings. The number of fused-ring (bicyclic) bond motifs is 1. The quantitative estimate of drug-likeness (QED) is 0.616. The van der Waals surface area contributed by atoms with Crippen LogP contribution in [0.5, 0.6) is 5.88 Å². The summed E-state index contributed by atoms with van der Waals surface area (Å²) in [6.45, 7) is 4.56. The van der Waals surface area contributed by atoms with Crippen molar-refractivity contribution >= 4 is 28.9 Å². The van der Waals surface area contributed by atoms with Gasteiger partial charge in [-0.05, 0) is 13.8 Å². The Morgan fingerprint density at radius 2 is 1.93 bits per heavy atom. The topological polar surface area (TPSA) is 163 Å².